The number of carbonyl (C=O) groups is 3. The van der Waals surface area contributed by atoms with Crippen molar-refractivity contribution in [1.29, 1.82) is 0 Å². The Morgan fingerprint density at radius 3 is 2.40 bits per heavy atom. The lowest BCUT2D eigenvalue weighted by Gasteiger charge is -2.43. The van der Waals surface area contributed by atoms with E-state index in [4.69, 9.17) is 9.47 Å². The molecule has 0 unspecified atom stereocenters. The molecule has 3 aliphatic rings. The second-order valence-corrected chi connectivity index (χ2v) is 12.4. The lowest BCUT2D eigenvalue weighted by atomic mass is 9.85. The van der Waals surface area contributed by atoms with Crippen molar-refractivity contribution in [3.05, 3.63) is 114 Å². The Labute approximate surface area is 273 Å². The van der Waals surface area contributed by atoms with Crippen LogP contribution in [0.1, 0.15) is 53.6 Å². The first-order valence-corrected chi connectivity index (χ1v) is 16.1. The highest BCUT2D eigenvalue weighted by Crippen LogP contribution is 2.39. The second kappa shape index (κ2) is 12.7. The fraction of sp³-hybridized carbons (Fsp3) is 0.324. The number of amides is 2. The number of nitrogens with zero attached hydrogens (tertiary/aromatic N) is 3. The van der Waals surface area contributed by atoms with Crippen LogP contribution in [0.5, 0.6) is 0 Å². The van der Waals surface area contributed by atoms with E-state index in [1.807, 2.05) is 91.1 Å². The zero-order valence-corrected chi connectivity index (χ0v) is 26.3. The number of anilines is 1. The number of carbonyl (C=O) groups excluding carboxylic acids is 3. The van der Waals surface area contributed by atoms with E-state index < -0.39 is 11.8 Å². The van der Waals surface area contributed by atoms with Crippen LogP contribution < -0.4 is 10.2 Å². The molecule has 47 heavy (non-hydrogen) atoms. The number of hydrogen-bond donors (Lipinski definition) is 2. The molecular weight excluding hydrogens is 596 g/mol. The lowest BCUT2D eigenvalue weighted by Crippen LogP contribution is -2.57. The number of piperidine rings is 1. The minimum atomic E-state index is -0.716. The van der Waals surface area contributed by atoms with Crippen molar-refractivity contribution in [3.63, 3.8) is 0 Å². The second-order valence-electron chi connectivity index (χ2n) is 12.4. The molecule has 242 valence electrons. The van der Waals surface area contributed by atoms with Gasteiger partial charge in [-0.2, -0.15) is 0 Å². The first-order valence-electron chi connectivity index (χ1n) is 16.1. The highest BCUT2D eigenvalue weighted by molar-refractivity contribution is 5.96. The third kappa shape index (κ3) is 5.79. The van der Waals surface area contributed by atoms with E-state index in [2.05, 4.69) is 10.2 Å². The van der Waals surface area contributed by atoms with Crippen LogP contribution in [0, 0.1) is 0 Å². The topological polar surface area (TPSA) is 113 Å². The van der Waals surface area contributed by atoms with Crippen LogP contribution in [0.3, 0.4) is 0 Å². The van der Waals surface area contributed by atoms with Crippen molar-refractivity contribution < 1.29 is 29.0 Å². The van der Waals surface area contributed by atoms with Crippen LogP contribution >= 0.6 is 0 Å². The van der Waals surface area contributed by atoms with Crippen molar-refractivity contribution in [2.45, 2.75) is 57.1 Å². The predicted molar refractivity (Wildman–Crippen MR) is 176 cm³/mol. The van der Waals surface area contributed by atoms with Crippen LogP contribution in [-0.2, 0) is 32.3 Å². The number of para-hydroxylation sites is 2. The Hall–Kier alpha value is -4.93. The summed E-state index contributed by atoms with van der Waals surface area (Å²) >= 11 is 0. The van der Waals surface area contributed by atoms with Gasteiger partial charge in [-0.05, 0) is 53.8 Å². The zero-order chi connectivity index (χ0) is 32.5. The molecule has 2 atom stereocenters. The van der Waals surface area contributed by atoms with Gasteiger partial charge in [-0.25, -0.2) is 0 Å². The zero-order valence-electron chi connectivity index (χ0n) is 26.3. The molecule has 0 aliphatic carbocycles. The van der Waals surface area contributed by atoms with Gasteiger partial charge in [-0.1, -0.05) is 60.7 Å². The van der Waals surface area contributed by atoms with Crippen LogP contribution in [0.2, 0.25) is 0 Å². The quantitative estimate of drug-likeness (QED) is 0.304. The molecule has 2 amide bonds. The molecule has 7 rings (SSSR count). The molecule has 1 aromatic heterocycles. The Balaban J connectivity index is 1.14. The van der Waals surface area contributed by atoms with Crippen LogP contribution in [0.25, 0.3) is 10.9 Å². The summed E-state index contributed by atoms with van der Waals surface area (Å²) in [6, 6.07) is 25.1. The van der Waals surface area contributed by atoms with Gasteiger partial charge in [0.05, 0.1) is 25.4 Å². The summed E-state index contributed by atoms with van der Waals surface area (Å²) in [6.45, 7) is 2.98. The molecule has 10 nitrogen and oxygen atoms in total. The summed E-state index contributed by atoms with van der Waals surface area (Å²) in [4.78, 5) is 43.7. The SMILES string of the molecule is CC(=O)n1cc([C@H]2C=C(C(=O)N3CCC4(CC3)C(=O)NCN4c3ccccc3)O[C@@H](OCc3ccc(CO)cc3)C2)c2ccccc21. The molecular formula is C37H38N4O6. The Morgan fingerprint density at radius 2 is 1.68 bits per heavy atom. The summed E-state index contributed by atoms with van der Waals surface area (Å²) in [5, 5.41) is 13.4. The standard InChI is InChI=1S/C37H38N4O6/c1-25(43)40-21-31(30-9-5-6-10-32(30)40)28-19-33(47-34(20-28)46-23-27-13-11-26(22-42)12-14-27)35(44)39-17-15-37(16-18-39)36(45)38-24-41(37)29-7-3-2-4-8-29/h2-14,19,21,28,34,42H,15-18,20,22-24H2,1H3,(H,38,45)/t28-,34+/m0/s1. The summed E-state index contributed by atoms with van der Waals surface area (Å²) in [7, 11) is 0. The molecule has 3 aromatic carbocycles. The van der Waals surface area contributed by atoms with Gasteiger partial charge in [0.25, 0.3) is 5.91 Å². The van der Waals surface area contributed by atoms with Gasteiger partial charge >= 0.3 is 0 Å². The Kier molecular flexibility index (Phi) is 8.30. The van der Waals surface area contributed by atoms with Gasteiger partial charge in [0.1, 0.15) is 5.54 Å². The van der Waals surface area contributed by atoms with Gasteiger partial charge in [0, 0.05) is 49.6 Å². The van der Waals surface area contributed by atoms with Gasteiger partial charge in [0.15, 0.2) is 5.76 Å². The number of hydrogen-bond acceptors (Lipinski definition) is 7. The third-order valence-corrected chi connectivity index (χ3v) is 9.67. The minimum Gasteiger partial charge on any atom is -0.459 e. The average molecular weight is 635 g/mol. The minimum absolute atomic E-state index is 0.0102. The van der Waals surface area contributed by atoms with E-state index in [0.29, 0.717) is 39.0 Å². The molecule has 3 aliphatic heterocycles. The number of aliphatic hydroxyl groups is 1. The molecule has 2 fully saturated rings. The number of allylic oxidation sites excluding steroid dienone is 1. The summed E-state index contributed by atoms with van der Waals surface area (Å²) in [6.07, 6.45) is 4.43. The molecule has 4 heterocycles. The summed E-state index contributed by atoms with van der Waals surface area (Å²) < 4.78 is 14.2. The van der Waals surface area contributed by atoms with Crippen LogP contribution in [0.15, 0.2) is 96.9 Å². The molecule has 4 aromatic rings. The monoisotopic (exact) mass is 634 g/mol. The van der Waals surface area contributed by atoms with Crippen LogP contribution in [-0.4, -0.2) is 63.9 Å². The van der Waals surface area contributed by atoms with E-state index in [9.17, 15) is 19.5 Å². The Bertz CT molecular complexity index is 1820. The summed E-state index contributed by atoms with van der Waals surface area (Å²) in [5.41, 5.74) is 3.71. The normalized spacial score (nSPS) is 20.6. The third-order valence-electron chi connectivity index (χ3n) is 9.67. The molecule has 0 bridgehead atoms. The van der Waals surface area contributed by atoms with E-state index in [-0.39, 0.29) is 42.6 Å². The average Bonchev–Trinajstić information content (AvgIpc) is 3.66. The van der Waals surface area contributed by atoms with Crippen molar-refractivity contribution in [2.75, 3.05) is 24.7 Å². The Morgan fingerprint density at radius 1 is 0.979 bits per heavy atom. The van der Waals surface area contributed by atoms with Crippen molar-refractivity contribution in [1.82, 2.24) is 14.8 Å². The number of aliphatic hydroxyl groups excluding tert-OH is 1. The maximum absolute atomic E-state index is 14.1. The number of nitrogens with one attached hydrogen (secondary N) is 1. The maximum atomic E-state index is 14.1. The van der Waals surface area contributed by atoms with E-state index in [1.165, 1.54) is 6.92 Å². The van der Waals surface area contributed by atoms with Crippen LogP contribution in [0.4, 0.5) is 5.69 Å². The smallest absolute Gasteiger partial charge is 0.288 e. The highest BCUT2D eigenvalue weighted by atomic mass is 16.7. The molecule has 1 spiro atoms. The van der Waals surface area contributed by atoms with Gasteiger partial charge in [0.2, 0.25) is 18.1 Å². The molecule has 2 saturated heterocycles. The maximum Gasteiger partial charge on any atom is 0.288 e. The van der Waals surface area contributed by atoms with Gasteiger partial charge in [-0.15, -0.1) is 0 Å². The number of ether oxygens (including phenoxy) is 2. The largest absolute Gasteiger partial charge is 0.459 e. The van der Waals surface area contributed by atoms with E-state index in [0.717, 1.165) is 33.3 Å². The van der Waals surface area contributed by atoms with Gasteiger partial charge in [-0.3, -0.25) is 19.0 Å². The first-order chi connectivity index (χ1) is 22.9. The fourth-order valence-electron chi connectivity index (χ4n) is 7.09. The van der Waals surface area contributed by atoms with Crippen molar-refractivity contribution in [2.24, 2.45) is 0 Å². The number of fused-ring (bicyclic) bond motifs is 1. The first kappa shape index (κ1) is 30.7. The fourth-order valence-corrected chi connectivity index (χ4v) is 7.09. The predicted octanol–water partition coefficient (Wildman–Crippen LogP) is 4.68. The molecule has 2 N–H and O–H groups in total. The number of aromatic nitrogens is 1. The number of benzene rings is 3. The number of likely N-dealkylation sites (tertiary alicyclic amines) is 1. The lowest BCUT2D eigenvalue weighted by molar-refractivity contribution is -0.157. The molecule has 0 radical (unpaired) electrons. The molecule has 0 saturated carbocycles. The highest BCUT2D eigenvalue weighted by Gasteiger charge is 2.51. The van der Waals surface area contributed by atoms with Crippen molar-refractivity contribution >= 4 is 34.3 Å². The van der Waals surface area contributed by atoms with Gasteiger partial charge < -0.3 is 29.7 Å². The number of rotatable bonds is 7. The molecule has 10 heteroatoms. The van der Waals surface area contributed by atoms with E-state index >= 15 is 0 Å². The van der Waals surface area contributed by atoms with Crippen molar-refractivity contribution in [3.8, 4) is 0 Å². The van der Waals surface area contributed by atoms with E-state index in [1.54, 1.807) is 9.47 Å². The summed E-state index contributed by atoms with van der Waals surface area (Å²) in [5.74, 6) is -0.398.